The van der Waals surface area contributed by atoms with Crippen molar-refractivity contribution in [2.45, 2.75) is 32.7 Å². The van der Waals surface area contributed by atoms with Gasteiger partial charge in [0.2, 0.25) is 5.95 Å². The molecule has 1 aliphatic heterocycles. The van der Waals surface area contributed by atoms with Gasteiger partial charge < -0.3 is 15.1 Å². The predicted octanol–water partition coefficient (Wildman–Crippen LogP) is 5.17. The minimum Gasteiger partial charge on any atom is -0.372 e. The summed E-state index contributed by atoms with van der Waals surface area (Å²) in [7, 11) is 4.37. The first kappa shape index (κ1) is 21.2. The van der Waals surface area contributed by atoms with Crippen LogP contribution in [0.1, 0.15) is 24.0 Å². The molecule has 0 bridgehead atoms. The molecule has 1 aromatic heterocycles. The second-order valence-electron chi connectivity index (χ2n) is 8.51. The minimum atomic E-state index is -0.209. The third-order valence-corrected chi connectivity index (χ3v) is 6.17. The number of hydrogen-bond donors (Lipinski definition) is 1. The molecule has 3 aromatic rings. The molecule has 0 saturated carbocycles. The van der Waals surface area contributed by atoms with Crippen LogP contribution in [-0.2, 0) is 0 Å². The molecule has 0 radical (unpaired) electrons. The Morgan fingerprint density at radius 2 is 1.74 bits per heavy atom. The Balaban J connectivity index is 1.48. The Hall–Kier alpha value is -2.99. The molecule has 1 fully saturated rings. The Morgan fingerprint density at radius 1 is 1.03 bits per heavy atom. The van der Waals surface area contributed by atoms with Crippen LogP contribution >= 0.6 is 0 Å². The molecule has 1 saturated heterocycles. The largest absolute Gasteiger partial charge is 0.372 e. The van der Waals surface area contributed by atoms with E-state index >= 15 is 0 Å². The standard InChI is InChI=1S/C25H30FN5/c1-17-15-19(5-10-23(17)26)24-18(2)16-27-25(29-24)28-20-6-8-21(9-7-20)31(4)22-11-13-30(3)14-12-22/h5-10,15-16,22H,11-14H2,1-4H3,(H,27,28,29). The fourth-order valence-corrected chi connectivity index (χ4v) is 4.09. The topological polar surface area (TPSA) is 44.3 Å². The first-order valence-electron chi connectivity index (χ1n) is 10.8. The van der Waals surface area contributed by atoms with Gasteiger partial charge in [-0.05, 0) is 100 Å². The fraction of sp³-hybridized carbons (Fsp3) is 0.360. The lowest BCUT2D eigenvalue weighted by Crippen LogP contribution is -2.41. The van der Waals surface area contributed by atoms with Gasteiger partial charge in [-0.1, -0.05) is 0 Å². The van der Waals surface area contributed by atoms with Gasteiger partial charge in [0.25, 0.3) is 0 Å². The van der Waals surface area contributed by atoms with Crippen LogP contribution in [0.25, 0.3) is 11.3 Å². The van der Waals surface area contributed by atoms with Crippen molar-refractivity contribution in [2.24, 2.45) is 0 Å². The van der Waals surface area contributed by atoms with Crippen LogP contribution < -0.4 is 10.2 Å². The number of aromatic nitrogens is 2. The number of aryl methyl sites for hydroxylation is 2. The highest BCUT2D eigenvalue weighted by atomic mass is 19.1. The van der Waals surface area contributed by atoms with Gasteiger partial charge in [0.15, 0.2) is 0 Å². The summed E-state index contributed by atoms with van der Waals surface area (Å²) in [6, 6.07) is 14.0. The molecule has 0 aliphatic carbocycles. The SMILES string of the molecule is Cc1cc(-c2nc(Nc3ccc(N(C)C4CCN(C)CC4)cc3)ncc2C)ccc1F. The van der Waals surface area contributed by atoms with Gasteiger partial charge in [-0.3, -0.25) is 0 Å². The molecular formula is C25H30FN5. The van der Waals surface area contributed by atoms with Crippen LogP contribution in [0.4, 0.5) is 21.7 Å². The smallest absolute Gasteiger partial charge is 0.227 e. The van der Waals surface area contributed by atoms with Crippen molar-refractivity contribution in [1.82, 2.24) is 14.9 Å². The maximum atomic E-state index is 13.7. The van der Waals surface area contributed by atoms with Crippen molar-refractivity contribution in [3.63, 3.8) is 0 Å². The number of benzene rings is 2. The number of anilines is 3. The molecule has 0 atom stereocenters. The maximum Gasteiger partial charge on any atom is 0.227 e. The summed E-state index contributed by atoms with van der Waals surface area (Å²) in [5.41, 5.74) is 5.40. The van der Waals surface area contributed by atoms with E-state index in [-0.39, 0.29) is 5.82 Å². The molecule has 162 valence electrons. The molecular weight excluding hydrogens is 389 g/mol. The highest BCUT2D eigenvalue weighted by Crippen LogP contribution is 2.27. The Bertz CT molecular complexity index is 1040. The maximum absolute atomic E-state index is 13.7. The van der Waals surface area contributed by atoms with Gasteiger partial charge in [0, 0.05) is 36.2 Å². The van der Waals surface area contributed by atoms with Crippen LogP contribution in [0, 0.1) is 19.7 Å². The van der Waals surface area contributed by atoms with Gasteiger partial charge in [0.1, 0.15) is 5.82 Å². The normalized spacial score (nSPS) is 15.1. The monoisotopic (exact) mass is 419 g/mol. The zero-order chi connectivity index (χ0) is 22.0. The number of hydrogen-bond acceptors (Lipinski definition) is 5. The highest BCUT2D eigenvalue weighted by Gasteiger charge is 2.20. The molecule has 1 aliphatic rings. The van der Waals surface area contributed by atoms with E-state index in [4.69, 9.17) is 0 Å². The summed E-state index contributed by atoms with van der Waals surface area (Å²) in [6.45, 7) is 6.02. The van der Waals surface area contributed by atoms with Crippen molar-refractivity contribution in [3.05, 3.63) is 65.6 Å². The number of likely N-dealkylation sites (tertiary alicyclic amines) is 1. The number of piperidine rings is 1. The lowest BCUT2D eigenvalue weighted by molar-refractivity contribution is 0.253. The number of rotatable bonds is 5. The Labute approximate surface area is 183 Å². The lowest BCUT2D eigenvalue weighted by atomic mass is 10.0. The molecule has 31 heavy (non-hydrogen) atoms. The van der Waals surface area contributed by atoms with Gasteiger partial charge in [0.05, 0.1) is 5.69 Å². The summed E-state index contributed by atoms with van der Waals surface area (Å²) < 4.78 is 13.7. The van der Waals surface area contributed by atoms with Crippen molar-refractivity contribution in [2.75, 3.05) is 37.4 Å². The fourth-order valence-electron chi connectivity index (χ4n) is 4.09. The van der Waals surface area contributed by atoms with E-state index in [1.165, 1.54) is 24.6 Å². The van der Waals surface area contributed by atoms with E-state index in [0.29, 0.717) is 17.6 Å². The van der Waals surface area contributed by atoms with Crippen LogP contribution in [0.2, 0.25) is 0 Å². The van der Waals surface area contributed by atoms with Crippen molar-refractivity contribution in [3.8, 4) is 11.3 Å². The zero-order valence-corrected chi connectivity index (χ0v) is 18.7. The minimum absolute atomic E-state index is 0.209. The summed E-state index contributed by atoms with van der Waals surface area (Å²) >= 11 is 0. The summed E-state index contributed by atoms with van der Waals surface area (Å²) in [5.74, 6) is 0.318. The Kier molecular flexibility index (Phi) is 6.18. The third kappa shape index (κ3) is 4.85. The third-order valence-electron chi connectivity index (χ3n) is 6.17. The van der Waals surface area contributed by atoms with Crippen LogP contribution in [0.5, 0.6) is 0 Å². The molecule has 0 spiro atoms. The first-order chi connectivity index (χ1) is 14.9. The van der Waals surface area contributed by atoms with Crippen molar-refractivity contribution in [1.29, 1.82) is 0 Å². The zero-order valence-electron chi connectivity index (χ0n) is 18.7. The van der Waals surface area contributed by atoms with Gasteiger partial charge in [-0.25, -0.2) is 14.4 Å². The van der Waals surface area contributed by atoms with E-state index in [1.807, 2.05) is 13.0 Å². The molecule has 0 unspecified atom stereocenters. The molecule has 1 N–H and O–H groups in total. The average molecular weight is 420 g/mol. The van der Waals surface area contributed by atoms with Crippen LogP contribution in [0.3, 0.4) is 0 Å². The summed E-state index contributed by atoms with van der Waals surface area (Å²) in [6.07, 6.45) is 4.18. The van der Waals surface area contributed by atoms with Crippen molar-refractivity contribution >= 4 is 17.3 Å². The van der Waals surface area contributed by atoms with Crippen LogP contribution in [-0.4, -0.2) is 48.1 Å². The molecule has 2 aromatic carbocycles. The molecule has 5 nitrogen and oxygen atoms in total. The molecule has 0 amide bonds. The molecule has 6 heteroatoms. The van der Waals surface area contributed by atoms with Crippen molar-refractivity contribution < 1.29 is 4.39 Å². The predicted molar refractivity (Wildman–Crippen MR) is 126 cm³/mol. The molecule has 4 rings (SSSR count). The first-order valence-corrected chi connectivity index (χ1v) is 10.8. The second kappa shape index (κ2) is 9.02. The average Bonchev–Trinajstić information content (AvgIpc) is 2.78. The van der Waals surface area contributed by atoms with Crippen LogP contribution in [0.15, 0.2) is 48.7 Å². The molecule has 2 heterocycles. The van der Waals surface area contributed by atoms with E-state index in [0.717, 1.165) is 35.6 Å². The summed E-state index contributed by atoms with van der Waals surface area (Å²) in [4.78, 5) is 13.9. The number of halogens is 1. The van der Waals surface area contributed by atoms with Gasteiger partial charge >= 0.3 is 0 Å². The van der Waals surface area contributed by atoms with Gasteiger partial charge in [-0.15, -0.1) is 0 Å². The summed E-state index contributed by atoms with van der Waals surface area (Å²) in [5, 5.41) is 3.30. The van der Waals surface area contributed by atoms with E-state index in [2.05, 4.69) is 63.4 Å². The number of nitrogens with one attached hydrogen (secondary N) is 1. The highest BCUT2D eigenvalue weighted by molar-refractivity contribution is 5.66. The number of nitrogens with zero attached hydrogens (tertiary/aromatic N) is 4. The van der Waals surface area contributed by atoms with E-state index < -0.39 is 0 Å². The van der Waals surface area contributed by atoms with E-state index in [9.17, 15) is 4.39 Å². The quantitative estimate of drug-likeness (QED) is 0.618. The van der Waals surface area contributed by atoms with E-state index in [1.54, 1.807) is 19.2 Å². The van der Waals surface area contributed by atoms with Gasteiger partial charge in [-0.2, -0.15) is 0 Å². The second-order valence-corrected chi connectivity index (χ2v) is 8.51. The lowest BCUT2D eigenvalue weighted by Gasteiger charge is -2.36. The Morgan fingerprint density at radius 3 is 2.42 bits per heavy atom.